The first-order chi connectivity index (χ1) is 7.52. The molecule has 16 heavy (non-hydrogen) atoms. The van der Waals surface area contributed by atoms with Gasteiger partial charge in [-0.25, -0.2) is 0 Å². The molecule has 0 aromatic carbocycles. The highest BCUT2D eigenvalue weighted by Crippen LogP contribution is 2.39. The maximum atomic E-state index is 5.34. The van der Waals surface area contributed by atoms with Gasteiger partial charge in [-0.2, -0.15) is 0 Å². The van der Waals surface area contributed by atoms with Crippen LogP contribution in [0.3, 0.4) is 0 Å². The van der Waals surface area contributed by atoms with Crippen molar-refractivity contribution < 1.29 is 4.74 Å². The highest BCUT2D eigenvalue weighted by Gasteiger charge is 2.31. The molecule has 1 heteroatoms. The van der Waals surface area contributed by atoms with E-state index in [2.05, 4.69) is 39.8 Å². The number of allylic oxidation sites excluding steroid dienone is 4. The molecule has 92 valence electrons. The molecular weight excluding hydrogens is 196 g/mol. The maximum absolute atomic E-state index is 5.34. The van der Waals surface area contributed by atoms with Crippen molar-refractivity contribution in [3.63, 3.8) is 0 Å². The summed E-state index contributed by atoms with van der Waals surface area (Å²) in [5, 5.41) is 0. The first-order valence-electron chi connectivity index (χ1n) is 6.32. The van der Waals surface area contributed by atoms with E-state index in [-0.39, 0.29) is 0 Å². The van der Waals surface area contributed by atoms with Gasteiger partial charge in [0, 0.05) is 13.7 Å². The van der Waals surface area contributed by atoms with Crippen LogP contribution in [0.1, 0.15) is 40.5 Å². The Bertz CT molecular complexity index is 267. The molecule has 0 aliphatic heterocycles. The number of rotatable bonds is 4. The monoisotopic (exact) mass is 222 g/mol. The molecule has 0 aromatic heterocycles. The van der Waals surface area contributed by atoms with Crippen molar-refractivity contribution in [2.75, 3.05) is 13.7 Å². The van der Waals surface area contributed by atoms with Gasteiger partial charge in [0.15, 0.2) is 0 Å². The molecule has 0 N–H and O–H groups in total. The molecule has 0 amide bonds. The van der Waals surface area contributed by atoms with Gasteiger partial charge in [0.1, 0.15) is 0 Å². The lowest BCUT2D eigenvalue weighted by Gasteiger charge is -2.15. The molecule has 3 atom stereocenters. The third kappa shape index (κ3) is 4.13. The maximum Gasteiger partial charge on any atom is 0.0496 e. The second-order valence-corrected chi connectivity index (χ2v) is 5.60. The van der Waals surface area contributed by atoms with Gasteiger partial charge in [0.2, 0.25) is 0 Å². The Balaban J connectivity index is 2.68. The van der Waals surface area contributed by atoms with Crippen LogP contribution >= 0.6 is 0 Å². The van der Waals surface area contributed by atoms with E-state index in [1.807, 2.05) is 7.11 Å². The number of hydrogen-bond donors (Lipinski definition) is 0. The SMILES string of the molecule is COCC1CC(C=C(C)C)CC1C=C(C)C. The minimum atomic E-state index is 0.709. The quantitative estimate of drug-likeness (QED) is 0.647. The number of hydrogen-bond acceptors (Lipinski definition) is 1. The van der Waals surface area contributed by atoms with Crippen LogP contribution < -0.4 is 0 Å². The molecular formula is C15H26O. The zero-order chi connectivity index (χ0) is 12.1. The molecule has 0 heterocycles. The molecule has 1 nitrogen and oxygen atoms in total. The van der Waals surface area contributed by atoms with E-state index in [0.29, 0.717) is 11.8 Å². The highest BCUT2D eigenvalue weighted by molar-refractivity contribution is 5.08. The van der Waals surface area contributed by atoms with Crippen molar-refractivity contribution in [2.24, 2.45) is 17.8 Å². The first-order valence-corrected chi connectivity index (χ1v) is 6.32. The third-order valence-electron chi connectivity index (χ3n) is 3.28. The summed E-state index contributed by atoms with van der Waals surface area (Å²) in [5.41, 5.74) is 2.88. The molecule has 0 bridgehead atoms. The third-order valence-corrected chi connectivity index (χ3v) is 3.28. The summed E-state index contributed by atoms with van der Waals surface area (Å²) in [4.78, 5) is 0. The van der Waals surface area contributed by atoms with Gasteiger partial charge in [-0.1, -0.05) is 23.3 Å². The Kier molecular flexibility index (Phi) is 5.27. The summed E-state index contributed by atoms with van der Waals surface area (Å²) < 4.78 is 5.34. The van der Waals surface area contributed by atoms with Crippen molar-refractivity contribution >= 4 is 0 Å². The molecule has 0 saturated heterocycles. The van der Waals surface area contributed by atoms with Gasteiger partial charge in [0.05, 0.1) is 0 Å². The van der Waals surface area contributed by atoms with Crippen LogP contribution in [-0.2, 0) is 4.74 Å². The van der Waals surface area contributed by atoms with Crippen LogP contribution in [-0.4, -0.2) is 13.7 Å². The first kappa shape index (κ1) is 13.5. The number of methoxy groups -OCH3 is 1. The average molecular weight is 222 g/mol. The van der Waals surface area contributed by atoms with E-state index < -0.39 is 0 Å². The molecule has 1 aliphatic carbocycles. The predicted molar refractivity (Wildman–Crippen MR) is 70.4 cm³/mol. The predicted octanol–water partition coefficient (Wildman–Crippen LogP) is 4.21. The lowest BCUT2D eigenvalue weighted by Crippen LogP contribution is -2.11. The van der Waals surface area contributed by atoms with Crippen LogP contribution in [0.5, 0.6) is 0 Å². The summed E-state index contributed by atoms with van der Waals surface area (Å²) >= 11 is 0. The summed E-state index contributed by atoms with van der Waals surface area (Å²) in [6.45, 7) is 9.68. The lowest BCUT2D eigenvalue weighted by atomic mass is 9.95. The minimum absolute atomic E-state index is 0.709. The van der Waals surface area contributed by atoms with Gasteiger partial charge in [-0.15, -0.1) is 0 Å². The van der Waals surface area contributed by atoms with Crippen molar-refractivity contribution in [3.05, 3.63) is 23.3 Å². The van der Waals surface area contributed by atoms with Crippen molar-refractivity contribution in [2.45, 2.75) is 40.5 Å². The van der Waals surface area contributed by atoms with E-state index in [1.165, 1.54) is 24.0 Å². The van der Waals surface area contributed by atoms with E-state index in [9.17, 15) is 0 Å². The summed E-state index contributed by atoms with van der Waals surface area (Å²) in [6.07, 6.45) is 7.45. The van der Waals surface area contributed by atoms with Crippen molar-refractivity contribution in [1.82, 2.24) is 0 Å². The molecule has 1 aliphatic rings. The lowest BCUT2D eigenvalue weighted by molar-refractivity contribution is 0.141. The van der Waals surface area contributed by atoms with Gasteiger partial charge in [0.25, 0.3) is 0 Å². The Morgan fingerprint density at radius 2 is 1.69 bits per heavy atom. The highest BCUT2D eigenvalue weighted by atomic mass is 16.5. The largest absolute Gasteiger partial charge is 0.384 e. The summed E-state index contributed by atoms with van der Waals surface area (Å²) in [6, 6.07) is 0. The van der Waals surface area contributed by atoms with Gasteiger partial charge in [-0.3, -0.25) is 0 Å². The van der Waals surface area contributed by atoms with Crippen LogP contribution in [0.15, 0.2) is 23.3 Å². The van der Waals surface area contributed by atoms with Crippen LogP contribution in [0, 0.1) is 17.8 Å². The average Bonchev–Trinajstić information content (AvgIpc) is 2.46. The van der Waals surface area contributed by atoms with Gasteiger partial charge < -0.3 is 4.74 Å². The van der Waals surface area contributed by atoms with Gasteiger partial charge in [-0.05, 0) is 58.3 Å². The smallest absolute Gasteiger partial charge is 0.0496 e. The zero-order valence-corrected chi connectivity index (χ0v) is 11.4. The molecule has 0 radical (unpaired) electrons. The summed E-state index contributed by atoms with van der Waals surface area (Å²) in [7, 11) is 1.81. The zero-order valence-electron chi connectivity index (χ0n) is 11.4. The van der Waals surface area contributed by atoms with E-state index in [0.717, 1.165) is 12.5 Å². The fourth-order valence-corrected chi connectivity index (χ4v) is 2.85. The van der Waals surface area contributed by atoms with Crippen molar-refractivity contribution in [1.29, 1.82) is 0 Å². The molecule has 1 rings (SSSR count). The minimum Gasteiger partial charge on any atom is -0.384 e. The van der Waals surface area contributed by atoms with Gasteiger partial charge >= 0.3 is 0 Å². The summed E-state index contributed by atoms with van der Waals surface area (Å²) in [5.74, 6) is 2.18. The second kappa shape index (κ2) is 6.24. The Labute approximate surface area is 101 Å². The Morgan fingerprint density at radius 1 is 1.06 bits per heavy atom. The molecule has 0 spiro atoms. The molecule has 1 fully saturated rings. The van der Waals surface area contributed by atoms with E-state index in [1.54, 1.807) is 0 Å². The molecule has 1 saturated carbocycles. The van der Waals surface area contributed by atoms with Crippen LogP contribution in [0.4, 0.5) is 0 Å². The van der Waals surface area contributed by atoms with Crippen molar-refractivity contribution in [3.8, 4) is 0 Å². The van der Waals surface area contributed by atoms with Crippen LogP contribution in [0.25, 0.3) is 0 Å². The normalized spacial score (nSPS) is 28.9. The Morgan fingerprint density at radius 3 is 2.19 bits per heavy atom. The standard InChI is InChI=1S/C15H26O/c1-11(2)6-13-8-14(7-12(3)4)15(9-13)10-16-5/h6-7,13-15H,8-10H2,1-5H3. The van der Waals surface area contributed by atoms with E-state index in [4.69, 9.17) is 4.74 Å². The second-order valence-electron chi connectivity index (χ2n) is 5.60. The fraction of sp³-hybridized carbons (Fsp3) is 0.733. The Hall–Kier alpha value is -0.560. The van der Waals surface area contributed by atoms with Crippen LogP contribution in [0.2, 0.25) is 0 Å². The van der Waals surface area contributed by atoms with E-state index >= 15 is 0 Å². The molecule has 3 unspecified atom stereocenters. The molecule has 0 aromatic rings. The number of ether oxygens (including phenoxy) is 1. The topological polar surface area (TPSA) is 9.23 Å². The fourth-order valence-electron chi connectivity index (χ4n) is 2.85.